The second-order valence-corrected chi connectivity index (χ2v) is 5.89. The molecule has 1 amide bonds. The molecule has 0 aliphatic rings. The average Bonchev–Trinajstić information content (AvgIpc) is 2.68. The summed E-state index contributed by atoms with van der Waals surface area (Å²) < 4.78 is 10.3. The van der Waals surface area contributed by atoms with Gasteiger partial charge in [0.15, 0.2) is 10.9 Å². The van der Waals surface area contributed by atoms with Crippen molar-refractivity contribution in [1.82, 2.24) is 5.32 Å². The van der Waals surface area contributed by atoms with Gasteiger partial charge in [0.1, 0.15) is 5.75 Å². The molecule has 11 heteroatoms. The Morgan fingerprint density at radius 2 is 1.79 bits per heavy atom. The van der Waals surface area contributed by atoms with E-state index in [0.29, 0.717) is 0 Å². The van der Waals surface area contributed by atoms with Gasteiger partial charge in [-0.3, -0.25) is 20.2 Å². The number of carbonyl (C=O) groups is 2. The predicted octanol–water partition coefficient (Wildman–Crippen LogP) is 1.49. The second-order valence-electron chi connectivity index (χ2n) is 5.48. The van der Waals surface area contributed by atoms with Crippen LogP contribution in [0.1, 0.15) is 27.6 Å². The molecule has 152 valence electrons. The minimum absolute atomic E-state index is 0.0141. The van der Waals surface area contributed by atoms with Gasteiger partial charge in [0.25, 0.3) is 5.91 Å². The summed E-state index contributed by atoms with van der Waals surface area (Å²) in [5.41, 5.74) is -0.303. The van der Waals surface area contributed by atoms with Crippen LogP contribution in [0.2, 0.25) is 0 Å². The first-order valence-electron chi connectivity index (χ1n) is 8.19. The van der Waals surface area contributed by atoms with Gasteiger partial charge >= 0.3 is 5.69 Å². The number of carbonyl (C=O) groups excluding carboxylic acids is 2. The van der Waals surface area contributed by atoms with Gasteiger partial charge in [-0.2, -0.15) is 0 Å². The number of thiocarbonyl (C=S) groups is 1. The lowest BCUT2D eigenvalue weighted by Gasteiger charge is -2.14. The van der Waals surface area contributed by atoms with Crippen LogP contribution < -0.4 is 25.2 Å². The third-order valence-electron chi connectivity index (χ3n) is 3.63. The molecule has 2 rings (SSSR count). The minimum atomic E-state index is -1.40. The summed E-state index contributed by atoms with van der Waals surface area (Å²) in [5.74, 6) is -1.78. The summed E-state index contributed by atoms with van der Waals surface area (Å²) >= 11 is 5.06. The molecule has 0 heterocycles. The van der Waals surface area contributed by atoms with Crippen LogP contribution in [0, 0.1) is 10.1 Å². The summed E-state index contributed by atoms with van der Waals surface area (Å²) in [4.78, 5) is 33.9. The number of nitrogens with zero attached hydrogens (tertiary/aromatic N) is 1. The van der Waals surface area contributed by atoms with Crippen LogP contribution in [0.3, 0.4) is 0 Å². The molecule has 10 nitrogen and oxygen atoms in total. The number of benzene rings is 2. The molecule has 2 N–H and O–H groups in total. The third kappa shape index (κ3) is 5.39. The fraction of sp³-hybridized carbons (Fsp3) is 0.167. The topological polar surface area (TPSA) is 143 Å². The van der Waals surface area contributed by atoms with E-state index in [1.165, 1.54) is 37.4 Å². The molecule has 0 bridgehead atoms. The smallest absolute Gasteiger partial charge is 0.311 e. The van der Waals surface area contributed by atoms with Crippen molar-refractivity contribution in [2.24, 2.45) is 0 Å². The highest BCUT2D eigenvalue weighted by Gasteiger charge is 2.19. The molecule has 2 aromatic carbocycles. The molecule has 0 saturated carbocycles. The van der Waals surface area contributed by atoms with Gasteiger partial charge in [-0.1, -0.05) is 0 Å². The number of ether oxygens (including phenoxy) is 2. The molecule has 0 aliphatic heterocycles. The van der Waals surface area contributed by atoms with E-state index in [4.69, 9.17) is 21.7 Å². The van der Waals surface area contributed by atoms with Crippen LogP contribution in [0.5, 0.6) is 11.5 Å². The number of nitro groups is 1. The minimum Gasteiger partial charge on any atom is -0.545 e. The maximum absolute atomic E-state index is 12.4. The van der Waals surface area contributed by atoms with Gasteiger partial charge in [-0.25, -0.2) is 0 Å². The largest absolute Gasteiger partial charge is 0.545 e. The van der Waals surface area contributed by atoms with Gasteiger partial charge in [0.05, 0.1) is 30.3 Å². The van der Waals surface area contributed by atoms with Crippen molar-refractivity contribution < 1.29 is 29.1 Å². The number of amides is 1. The molecule has 0 radical (unpaired) electrons. The van der Waals surface area contributed by atoms with Crippen molar-refractivity contribution in [2.75, 3.05) is 19.0 Å². The molecule has 0 spiro atoms. The highest BCUT2D eigenvalue weighted by Crippen LogP contribution is 2.28. The number of carboxylic acids is 1. The van der Waals surface area contributed by atoms with Crippen LogP contribution >= 0.6 is 12.2 Å². The van der Waals surface area contributed by atoms with E-state index in [9.17, 15) is 24.8 Å². The van der Waals surface area contributed by atoms with Gasteiger partial charge in [0, 0.05) is 11.6 Å². The third-order valence-corrected chi connectivity index (χ3v) is 3.83. The summed E-state index contributed by atoms with van der Waals surface area (Å²) in [5, 5.41) is 27.0. The first-order valence-corrected chi connectivity index (χ1v) is 8.60. The van der Waals surface area contributed by atoms with Gasteiger partial charge in [-0.05, 0) is 55.0 Å². The number of nitrogens with one attached hydrogen (secondary N) is 2. The SMILES string of the molecule is CCOc1ccc(C(=O)NC(=S)Nc2cc(C(=O)[O-])ccc2OC)cc1[N+](=O)[O-]. The number of aromatic carboxylic acids is 1. The van der Waals surface area contributed by atoms with E-state index in [1.54, 1.807) is 6.92 Å². The Morgan fingerprint density at radius 1 is 1.14 bits per heavy atom. The fourth-order valence-corrected chi connectivity index (χ4v) is 2.54. The first-order chi connectivity index (χ1) is 13.8. The lowest BCUT2D eigenvalue weighted by Crippen LogP contribution is -2.34. The van der Waals surface area contributed by atoms with E-state index < -0.39 is 16.8 Å². The van der Waals surface area contributed by atoms with Crippen molar-refractivity contribution in [3.63, 3.8) is 0 Å². The number of hydrogen-bond acceptors (Lipinski definition) is 8. The Labute approximate surface area is 170 Å². The zero-order chi connectivity index (χ0) is 21.6. The van der Waals surface area contributed by atoms with Crippen LogP contribution in [0.15, 0.2) is 36.4 Å². The van der Waals surface area contributed by atoms with Crippen LogP contribution in [0.4, 0.5) is 11.4 Å². The Bertz CT molecular complexity index is 978. The maximum Gasteiger partial charge on any atom is 0.311 e. The normalized spacial score (nSPS) is 10.0. The van der Waals surface area contributed by atoms with E-state index in [0.717, 1.165) is 6.07 Å². The molecule has 2 aromatic rings. The molecule has 0 unspecified atom stereocenters. The molecular formula is C18H16N3O7S-. The van der Waals surface area contributed by atoms with Crippen molar-refractivity contribution >= 4 is 40.6 Å². The highest BCUT2D eigenvalue weighted by molar-refractivity contribution is 7.80. The summed E-state index contributed by atoms with van der Waals surface area (Å²) in [6.45, 7) is 1.91. The number of hydrogen-bond donors (Lipinski definition) is 2. The number of carboxylic acid groups (broad SMARTS) is 1. The zero-order valence-electron chi connectivity index (χ0n) is 15.4. The van der Waals surface area contributed by atoms with E-state index in [1.807, 2.05) is 0 Å². The zero-order valence-corrected chi connectivity index (χ0v) is 16.2. The number of methoxy groups -OCH3 is 1. The van der Waals surface area contributed by atoms with E-state index in [-0.39, 0.29) is 45.7 Å². The maximum atomic E-state index is 12.4. The molecular weight excluding hydrogens is 402 g/mol. The first kappa shape index (κ1) is 21.6. The summed E-state index contributed by atoms with van der Waals surface area (Å²) in [6, 6.07) is 7.66. The van der Waals surface area contributed by atoms with Crippen LogP contribution in [0.25, 0.3) is 0 Å². The Balaban J connectivity index is 2.18. The number of rotatable bonds is 7. The predicted molar refractivity (Wildman–Crippen MR) is 105 cm³/mol. The molecule has 0 aromatic heterocycles. The average molecular weight is 418 g/mol. The van der Waals surface area contributed by atoms with Crippen molar-refractivity contribution in [3.8, 4) is 11.5 Å². The Kier molecular flexibility index (Phi) is 7.04. The van der Waals surface area contributed by atoms with Crippen molar-refractivity contribution in [2.45, 2.75) is 6.92 Å². The number of anilines is 1. The van der Waals surface area contributed by atoms with E-state index in [2.05, 4.69) is 10.6 Å². The quantitative estimate of drug-likeness (QED) is 0.388. The number of nitro benzene ring substituents is 1. The molecule has 0 atom stereocenters. The Hall–Kier alpha value is -3.73. The second kappa shape index (κ2) is 9.46. The van der Waals surface area contributed by atoms with Gasteiger partial charge in [0.2, 0.25) is 0 Å². The lowest BCUT2D eigenvalue weighted by atomic mass is 10.1. The fourth-order valence-electron chi connectivity index (χ4n) is 2.34. The van der Waals surface area contributed by atoms with Crippen molar-refractivity contribution in [1.29, 1.82) is 0 Å². The highest BCUT2D eigenvalue weighted by atomic mass is 32.1. The molecule has 0 saturated heterocycles. The van der Waals surface area contributed by atoms with Gasteiger partial charge < -0.3 is 24.7 Å². The van der Waals surface area contributed by atoms with Crippen LogP contribution in [-0.4, -0.2) is 35.6 Å². The van der Waals surface area contributed by atoms with Crippen LogP contribution in [-0.2, 0) is 0 Å². The molecule has 0 fully saturated rings. The van der Waals surface area contributed by atoms with Crippen molar-refractivity contribution in [3.05, 3.63) is 57.6 Å². The summed E-state index contributed by atoms with van der Waals surface area (Å²) in [6.07, 6.45) is 0. The lowest BCUT2D eigenvalue weighted by molar-refractivity contribution is -0.385. The van der Waals surface area contributed by atoms with Gasteiger partial charge in [-0.15, -0.1) is 0 Å². The standard InChI is InChI=1S/C18H17N3O7S/c1-3-28-15-7-4-10(9-13(15)21(25)26)16(22)20-18(29)19-12-8-11(17(23)24)5-6-14(12)27-2/h4-9H,3H2,1-2H3,(H,23,24)(H2,19,20,22,29)/p-1. The summed E-state index contributed by atoms with van der Waals surface area (Å²) in [7, 11) is 1.37. The Morgan fingerprint density at radius 3 is 2.38 bits per heavy atom. The molecule has 29 heavy (non-hydrogen) atoms. The van der Waals surface area contributed by atoms with E-state index >= 15 is 0 Å². The molecule has 0 aliphatic carbocycles. The monoisotopic (exact) mass is 418 g/mol.